The highest BCUT2D eigenvalue weighted by atomic mass is 16.5. The Morgan fingerprint density at radius 3 is 2.85 bits per heavy atom. The van der Waals surface area contributed by atoms with Gasteiger partial charge in [0.25, 0.3) is 5.91 Å². The number of fused-ring (bicyclic) bond motifs is 2. The van der Waals surface area contributed by atoms with Crippen LogP contribution in [-0.2, 0) is 11.2 Å². The van der Waals surface area contributed by atoms with E-state index in [4.69, 9.17) is 13.9 Å². The summed E-state index contributed by atoms with van der Waals surface area (Å²) in [5.74, 6) is 1.21. The molecule has 0 bridgehead atoms. The molecule has 3 aromatic rings. The van der Waals surface area contributed by atoms with Crippen molar-refractivity contribution in [2.45, 2.75) is 12.5 Å². The van der Waals surface area contributed by atoms with E-state index in [1.165, 1.54) is 6.07 Å². The van der Waals surface area contributed by atoms with Crippen molar-refractivity contribution in [2.24, 2.45) is 0 Å². The van der Waals surface area contributed by atoms with Crippen LogP contribution < -0.4 is 15.1 Å². The summed E-state index contributed by atoms with van der Waals surface area (Å²) in [5, 5.41) is 0.795. The summed E-state index contributed by atoms with van der Waals surface area (Å²) in [6.07, 6.45) is 0.740. The standard InChI is InChI=1S/C21H19NO5/c1-22(12-17-10-15-4-2-3-5-18(15)26-17)20(23)13-25-16-8-6-14-7-9-21(24)27-19(14)11-16/h2-9,11,17H,10,12-13H2,1H3. The summed E-state index contributed by atoms with van der Waals surface area (Å²) in [5.41, 5.74) is 1.17. The topological polar surface area (TPSA) is 69.0 Å². The Labute approximate surface area is 155 Å². The highest BCUT2D eigenvalue weighted by molar-refractivity contribution is 5.79. The normalized spacial score (nSPS) is 15.2. The van der Waals surface area contributed by atoms with Crippen LogP contribution in [0.3, 0.4) is 0 Å². The molecule has 1 atom stereocenters. The molecule has 2 heterocycles. The lowest BCUT2D eigenvalue weighted by Gasteiger charge is -2.21. The smallest absolute Gasteiger partial charge is 0.336 e. The molecule has 4 rings (SSSR count). The fourth-order valence-corrected chi connectivity index (χ4v) is 3.15. The number of likely N-dealkylation sites (N-methyl/N-ethyl adjacent to an activating group) is 1. The summed E-state index contributed by atoms with van der Waals surface area (Å²) < 4.78 is 16.6. The second kappa shape index (κ2) is 7.15. The van der Waals surface area contributed by atoms with Crippen molar-refractivity contribution in [3.8, 4) is 11.5 Å². The third-order valence-electron chi connectivity index (χ3n) is 4.57. The number of amides is 1. The average molecular weight is 365 g/mol. The monoisotopic (exact) mass is 365 g/mol. The number of carbonyl (C=O) groups is 1. The first-order chi connectivity index (χ1) is 13.1. The van der Waals surface area contributed by atoms with Crippen molar-refractivity contribution in [1.82, 2.24) is 4.90 Å². The third-order valence-corrected chi connectivity index (χ3v) is 4.57. The lowest BCUT2D eigenvalue weighted by Crippen LogP contribution is -2.38. The summed E-state index contributed by atoms with van der Waals surface area (Å²) in [4.78, 5) is 25.3. The molecule has 0 N–H and O–H groups in total. The Bertz CT molecular complexity index is 1020. The van der Waals surface area contributed by atoms with Gasteiger partial charge in [-0.05, 0) is 29.8 Å². The zero-order valence-electron chi connectivity index (χ0n) is 14.9. The van der Waals surface area contributed by atoms with E-state index in [0.29, 0.717) is 17.9 Å². The maximum absolute atomic E-state index is 12.4. The molecule has 0 aliphatic carbocycles. The van der Waals surface area contributed by atoms with Gasteiger partial charge in [-0.1, -0.05) is 18.2 Å². The second-order valence-electron chi connectivity index (χ2n) is 6.57. The molecule has 1 unspecified atom stereocenters. The van der Waals surface area contributed by atoms with Crippen LogP contribution >= 0.6 is 0 Å². The molecule has 27 heavy (non-hydrogen) atoms. The van der Waals surface area contributed by atoms with Crippen LogP contribution in [0.4, 0.5) is 0 Å². The molecule has 1 aromatic heterocycles. The van der Waals surface area contributed by atoms with Crippen molar-refractivity contribution in [3.05, 3.63) is 70.6 Å². The van der Waals surface area contributed by atoms with Crippen molar-refractivity contribution in [2.75, 3.05) is 20.2 Å². The molecular weight excluding hydrogens is 346 g/mol. The molecule has 1 aliphatic heterocycles. The molecule has 0 saturated heterocycles. The average Bonchev–Trinajstić information content (AvgIpc) is 3.07. The van der Waals surface area contributed by atoms with Gasteiger partial charge in [0.1, 0.15) is 23.2 Å². The number of rotatable bonds is 5. The highest BCUT2D eigenvalue weighted by Gasteiger charge is 2.25. The number of hydrogen-bond donors (Lipinski definition) is 0. The zero-order chi connectivity index (χ0) is 18.8. The van der Waals surface area contributed by atoms with E-state index >= 15 is 0 Å². The molecule has 2 aromatic carbocycles. The predicted octanol–water partition coefficient (Wildman–Crippen LogP) is 2.63. The first kappa shape index (κ1) is 17.1. The van der Waals surface area contributed by atoms with Gasteiger partial charge in [-0.25, -0.2) is 4.79 Å². The molecule has 0 saturated carbocycles. The Morgan fingerprint density at radius 2 is 2.00 bits per heavy atom. The minimum absolute atomic E-state index is 0.0497. The number of nitrogens with zero attached hydrogens (tertiary/aromatic N) is 1. The number of hydrogen-bond acceptors (Lipinski definition) is 5. The molecule has 138 valence electrons. The largest absolute Gasteiger partial charge is 0.488 e. The first-order valence-electron chi connectivity index (χ1n) is 8.74. The van der Waals surface area contributed by atoms with Crippen LogP contribution in [0, 0.1) is 0 Å². The first-order valence-corrected chi connectivity index (χ1v) is 8.74. The van der Waals surface area contributed by atoms with Crippen molar-refractivity contribution >= 4 is 16.9 Å². The molecule has 1 amide bonds. The summed E-state index contributed by atoms with van der Waals surface area (Å²) in [6, 6.07) is 16.1. The van der Waals surface area contributed by atoms with Gasteiger partial charge in [0.15, 0.2) is 6.61 Å². The Balaban J connectivity index is 1.33. The van der Waals surface area contributed by atoms with E-state index in [9.17, 15) is 9.59 Å². The fraction of sp³-hybridized carbons (Fsp3) is 0.238. The Morgan fingerprint density at radius 1 is 1.19 bits per heavy atom. The summed E-state index contributed by atoms with van der Waals surface area (Å²) >= 11 is 0. The molecule has 1 aliphatic rings. The van der Waals surface area contributed by atoms with E-state index in [1.54, 1.807) is 36.2 Å². The van der Waals surface area contributed by atoms with E-state index < -0.39 is 5.63 Å². The van der Waals surface area contributed by atoms with Crippen LogP contribution in [0.2, 0.25) is 0 Å². The van der Waals surface area contributed by atoms with Gasteiger partial charge in [0.05, 0.1) is 6.54 Å². The Kier molecular flexibility index (Phi) is 4.54. The number of ether oxygens (including phenoxy) is 2. The van der Waals surface area contributed by atoms with Crippen LogP contribution in [0.5, 0.6) is 11.5 Å². The van der Waals surface area contributed by atoms with Gasteiger partial charge in [0, 0.05) is 31.0 Å². The van der Waals surface area contributed by atoms with Crippen molar-refractivity contribution in [1.29, 1.82) is 0 Å². The maximum atomic E-state index is 12.4. The maximum Gasteiger partial charge on any atom is 0.336 e. The van der Waals surface area contributed by atoms with Gasteiger partial charge in [-0.2, -0.15) is 0 Å². The SMILES string of the molecule is CN(CC1Cc2ccccc2O1)C(=O)COc1ccc2ccc(=O)oc2c1. The van der Waals surface area contributed by atoms with Gasteiger partial charge in [-0.3, -0.25) is 4.79 Å². The lowest BCUT2D eigenvalue weighted by molar-refractivity contribution is -0.133. The van der Waals surface area contributed by atoms with Crippen LogP contribution in [0.1, 0.15) is 5.56 Å². The van der Waals surface area contributed by atoms with Gasteiger partial charge in [-0.15, -0.1) is 0 Å². The zero-order valence-corrected chi connectivity index (χ0v) is 14.9. The predicted molar refractivity (Wildman–Crippen MR) is 100 cm³/mol. The molecular formula is C21H19NO5. The molecule has 6 nitrogen and oxygen atoms in total. The lowest BCUT2D eigenvalue weighted by atomic mass is 10.1. The number of para-hydroxylation sites is 1. The third kappa shape index (κ3) is 3.79. The number of carbonyl (C=O) groups excluding carboxylic acids is 1. The summed E-state index contributed by atoms with van der Waals surface area (Å²) in [7, 11) is 1.73. The minimum atomic E-state index is -0.423. The molecule has 0 fully saturated rings. The van der Waals surface area contributed by atoms with Gasteiger partial charge < -0.3 is 18.8 Å². The van der Waals surface area contributed by atoms with E-state index in [-0.39, 0.29) is 18.6 Å². The van der Waals surface area contributed by atoms with Gasteiger partial charge in [0.2, 0.25) is 0 Å². The number of benzene rings is 2. The van der Waals surface area contributed by atoms with Gasteiger partial charge >= 0.3 is 5.63 Å². The molecule has 0 spiro atoms. The van der Waals surface area contributed by atoms with Crippen LogP contribution in [0.25, 0.3) is 11.0 Å². The van der Waals surface area contributed by atoms with E-state index in [0.717, 1.165) is 23.1 Å². The minimum Gasteiger partial charge on any atom is -0.488 e. The van der Waals surface area contributed by atoms with E-state index in [2.05, 4.69) is 0 Å². The van der Waals surface area contributed by atoms with Crippen LogP contribution in [-0.4, -0.2) is 37.1 Å². The molecule has 6 heteroatoms. The fourth-order valence-electron chi connectivity index (χ4n) is 3.15. The molecule has 0 radical (unpaired) electrons. The second-order valence-corrected chi connectivity index (χ2v) is 6.57. The van der Waals surface area contributed by atoms with E-state index in [1.807, 2.05) is 24.3 Å². The summed E-state index contributed by atoms with van der Waals surface area (Å²) in [6.45, 7) is 0.391. The van der Waals surface area contributed by atoms with Crippen molar-refractivity contribution in [3.63, 3.8) is 0 Å². The highest BCUT2D eigenvalue weighted by Crippen LogP contribution is 2.28. The Hall–Kier alpha value is -3.28. The quantitative estimate of drug-likeness (QED) is 0.650. The van der Waals surface area contributed by atoms with Crippen LogP contribution in [0.15, 0.2) is 63.8 Å². The van der Waals surface area contributed by atoms with Crippen molar-refractivity contribution < 1.29 is 18.7 Å².